The van der Waals surface area contributed by atoms with Crippen molar-refractivity contribution in [3.63, 3.8) is 0 Å². The number of rotatable bonds is 7. The van der Waals surface area contributed by atoms with E-state index in [2.05, 4.69) is 35.8 Å². The summed E-state index contributed by atoms with van der Waals surface area (Å²) < 4.78 is 0. The van der Waals surface area contributed by atoms with Crippen molar-refractivity contribution in [2.75, 3.05) is 18.5 Å². The molecule has 0 spiro atoms. The van der Waals surface area contributed by atoms with Gasteiger partial charge in [-0.1, -0.05) is 6.07 Å². The molecule has 1 saturated carbocycles. The van der Waals surface area contributed by atoms with Crippen molar-refractivity contribution in [2.45, 2.75) is 52.2 Å². The Labute approximate surface area is 127 Å². The van der Waals surface area contributed by atoms with Crippen LogP contribution in [0, 0.1) is 6.92 Å². The zero-order valence-electron chi connectivity index (χ0n) is 13.6. The Balaban J connectivity index is 1.92. The van der Waals surface area contributed by atoms with E-state index in [4.69, 9.17) is 0 Å². The highest BCUT2D eigenvalue weighted by Crippen LogP contribution is 2.22. The number of hydrogen-bond acceptors (Lipinski definition) is 3. The van der Waals surface area contributed by atoms with Crippen LogP contribution in [0.15, 0.2) is 18.2 Å². The third-order valence-corrected chi connectivity index (χ3v) is 3.76. The maximum absolute atomic E-state index is 11.8. The molecule has 2 rings (SSSR count). The number of aryl methyl sites for hydroxylation is 1. The minimum Gasteiger partial charge on any atom is -0.365 e. The predicted molar refractivity (Wildman–Crippen MR) is 87.6 cm³/mol. The van der Waals surface area contributed by atoms with Gasteiger partial charge in [-0.3, -0.25) is 4.79 Å². The van der Waals surface area contributed by atoms with E-state index in [9.17, 15) is 4.79 Å². The molecule has 0 heterocycles. The SMILES string of the molecule is Cc1cc(N(C)CC(=O)NC(C)C)ccc1CNC1CC1. The Morgan fingerprint density at radius 1 is 1.38 bits per heavy atom. The first-order chi connectivity index (χ1) is 9.95. The van der Waals surface area contributed by atoms with Gasteiger partial charge in [0.15, 0.2) is 0 Å². The van der Waals surface area contributed by atoms with Gasteiger partial charge in [0.2, 0.25) is 5.91 Å². The summed E-state index contributed by atoms with van der Waals surface area (Å²) in [5, 5.41) is 6.46. The van der Waals surface area contributed by atoms with E-state index < -0.39 is 0 Å². The molecular formula is C17H27N3O. The highest BCUT2D eigenvalue weighted by Gasteiger charge is 2.20. The van der Waals surface area contributed by atoms with Crippen molar-refractivity contribution in [2.24, 2.45) is 0 Å². The van der Waals surface area contributed by atoms with Crippen LogP contribution in [0.1, 0.15) is 37.8 Å². The fourth-order valence-corrected chi connectivity index (χ4v) is 2.33. The Hall–Kier alpha value is -1.55. The second-order valence-corrected chi connectivity index (χ2v) is 6.34. The first-order valence-corrected chi connectivity index (χ1v) is 7.79. The molecule has 4 heteroatoms. The summed E-state index contributed by atoms with van der Waals surface area (Å²) in [5.74, 6) is 0.0598. The number of hydrogen-bond donors (Lipinski definition) is 2. The minimum absolute atomic E-state index is 0.0598. The zero-order chi connectivity index (χ0) is 15.4. The number of carbonyl (C=O) groups excluding carboxylic acids is 1. The number of amides is 1. The van der Waals surface area contributed by atoms with Gasteiger partial charge < -0.3 is 15.5 Å². The van der Waals surface area contributed by atoms with E-state index in [0.29, 0.717) is 6.54 Å². The summed E-state index contributed by atoms with van der Waals surface area (Å²) in [6.07, 6.45) is 2.62. The molecule has 1 aliphatic carbocycles. The fraction of sp³-hybridized carbons (Fsp3) is 0.588. The molecule has 1 aliphatic rings. The lowest BCUT2D eigenvalue weighted by atomic mass is 10.1. The second-order valence-electron chi connectivity index (χ2n) is 6.34. The van der Waals surface area contributed by atoms with Crippen molar-refractivity contribution in [1.29, 1.82) is 0 Å². The van der Waals surface area contributed by atoms with Gasteiger partial charge >= 0.3 is 0 Å². The van der Waals surface area contributed by atoms with Gasteiger partial charge in [0.25, 0.3) is 0 Å². The molecule has 1 amide bonds. The quantitative estimate of drug-likeness (QED) is 0.809. The molecular weight excluding hydrogens is 262 g/mol. The molecule has 0 atom stereocenters. The van der Waals surface area contributed by atoms with Gasteiger partial charge in [0.1, 0.15) is 0 Å². The van der Waals surface area contributed by atoms with E-state index in [-0.39, 0.29) is 11.9 Å². The van der Waals surface area contributed by atoms with Crippen molar-refractivity contribution in [3.8, 4) is 0 Å². The van der Waals surface area contributed by atoms with Crippen molar-refractivity contribution in [3.05, 3.63) is 29.3 Å². The summed E-state index contributed by atoms with van der Waals surface area (Å²) >= 11 is 0. The fourth-order valence-electron chi connectivity index (χ4n) is 2.33. The third kappa shape index (κ3) is 5.05. The lowest BCUT2D eigenvalue weighted by molar-refractivity contribution is -0.120. The molecule has 116 valence electrons. The van der Waals surface area contributed by atoms with Crippen molar-refractivity contribution < 1.29 is 4.79 Å². The number of benzene rings is 1. The van der Waals surface area contributed by atoms with Crippen LogP contribution in [0.25, 0.3) is 0 Å². The third-order valence-electron chi connectivity index (χ3n) is 3.76. The summed E-state index contributed by atoms with van der Waals surface area (Å²) in [4.78, 5) is 13.8. The minimum atomic E-state index is 0.0598. The molecule has 1 aromatic carbocycles. The standard InChI is InChI=1S/C17H27N3O/c1-12(2)19-17(21)11-20(4)16-8-5-14(13(3)9-16)10-18-15-6-7-15/h5,8-9,12,15,18H,6-7,10-11H2,1-4H3,(H,19,21). The van der Waals surface area contributed by atoms with E-state index in [0.717, 1.165) is 18.3 Å². The molecule has 0 aliphatic heterocycles. The average Bonchev–Trinajstić information content (AvgIpc) is 3.20. The number of carbonyl (C=O) groups is 1. The molecule has 1 fully saturated rings. The maximum Gasteiger partial charge on any atom is 0.239 e. The van der Waals surface area contributed by atoms with Crippen LogP contribution in [-0.2, 0) is 11.3 Å². The topological polar surface area (TPSA) is 44.4 Å². The number of nitrogens with one attached hydrogen (secondary N) is 2. The number of likely N-dealkylation sites (N-methyl/N-ethyl adjacent to an activating group) is 1. The Kier molecular flexibility index (Phi) is 5.23. The maximum atomic E-state index is 11.8. The van der Waals surface area contributed by atoms with Crippen LogP contribution < -0.4 is 15.5 Å². The second kappa shape index (κ2) is 6.94. The molecule has 1 aromatic rings. The lowest BCUT2D eigenvalue weighted by Crippen LogP contribution is -2.38. The van der Waals surface area contributed by atoms with Gasteiger partial charge in [-0.25, -0.2) is 0 Å². The van der Waals surface area contributed by atoms with E-state index >= 15 is 0 Å². The molecule has 0 bridgehead atoms. The van der Waals surface area contributed by atoms with Gasteiger partial charge in [-0.15, -0.1) is 0 Å². The molecule has 4 nitrogen and oxygen atoms in total. The van der Waals surface area contributed by atoms with E-state index in [1.165, 1.54) is 24.0 Å². The molecule has 2 N–H and O–H groups in total. The van der Waals surface area contributed by atoms with Crippen LogP contribution in [0.5, 0.6) is 0 Å². The number of anilines is 1. The average molecular weight is 289 g/mol. The first kappa shape index (κ1) is 15.8. The van der Waals surface area contributed by atoms with Gasteiger partial charge in [-0.2, -0.15) is 0 Å². The summed E-state index contributed by atoms with van der Waals surface area (Å²) in [6, 6.07) is 7.33. The highest BCUT2D eigenvalue weighted by atomic mass is 16.2. The van der Waals surface area contributed by atoms with Crippen LogP contribution in [0.2, 0.25) is 0 Å². The van der Waals surface area contributed by atoms with Crippen LogP contribution in [0.3, 0.4) is 0 Å². The van der Waals surface area contributed by atoms with Crippen molar-refractivity contribution in [1.82, 2.24) is 10.6 Å². The van der Waals surface area contributed by atoms with Crippen LogP contribution in [-0.4, -0.2) is 31.6 Å². The summed E-state index contributed by atoms with van der Waals surface area (Å²) in [5.41, 5.74) is 3.70. The smallest absolute Gasteiger partial charge is 0.239 e. The number of nitrogens with zero attached hydrogens (tertiary/aromatic N) is 1. The Bertz CT molecular complexity index is 495. The lowest BCUT2D eigenvalue weighted by Gasteiger charge is -2.21. The van der Waals surface area contributed by atoms with Gasteiger partial charge in [0, 0.05) is 31.4 Å². The summed E-state index contributed by atoms with van der Waals surface area (Å²) in [6.45, 7) is 7.41. The first-order valence-electron chi connectivity index (χ1n) is 7.79. The Morgan fingerprint density at radius 2 is 2.10 bits per heavy atom. The van der Waals surface area contributed by atoms with Crippen LogP contribution in [0.4, 0.5) is 5.69 Å². The van der Waals surface area contributed by atoms with Gasteiger partial charge in [-0.05, 0) is 56.9 Å². The van der Waals surface area contributed by atoms with Crippen LogP contribution >= 0.6 is 0 Å². The van der Waals surface area contributed by atoms with Gasteiger partial charge in [0.05, 0.1) is 6.54 Å². The normalized spacial score (nSPS) is 14.3. The largest absolute Gasteiger partial charge is 0.365 e. The Morgan fingerprint density at radius 3 is 2.67 bits per heavy atom. The summed E-state index contributed by atoms with van der Waals surface area (Å²) in [7, 11) is 1.96. The van der Waals surface area contributed by atoms with E-state index in [1.807, 2.05) is 25.8 Å². The van der Waals surface area contributed by atoms with Crippen molar-refractivity contribution >= 4 is 11.6 Å². The molecule has 0 saturated heterocycles. The molecule has 0 aromatic heterocycles. The monoisotopic (exact) mass is 289 g/mol. The molecule has 0 radical (unpaired) electrons. The molecule has 0 unspecified atom stereocenters. The zero-order valence-corrected chi connectivity index (χ0v) is 13.6. The van der Waals surface area contributed by atoms with E-state index in [1.54, 1.807) is 0 Å². The predicted octanol–water partition coefficient (Wildman–Crippen LogP) is 2.21. The molecule has 21 heavy (non-hydrogen) atoms. The highest BCUT2D eigenvalue weighted by molar-refractivity contribution is 5.81.